The molecule has 0 saturated heterocycles. The van der Waals surface area contributed by atoms with E-state index in [1.165, 1.54) is 0 Å². The molecule has 0 aromatic heterocycles. The zero-order valence-corrected chi connectivity index (χ0v) is 23.0. The third-order valence-corrected chi connectivity index (χ3v) is 6.04. The van der Waals surface area contributed by atoms with Gasteiger partial charge in [0.25, 0.3) is 0 Å². The molecule has 0 aliphatic carbocycles. The molecule has 2 aromatic rings. The van der Waals surface area contributed by atoms with E-state index in [0.29, 0.717) is 37.2 Å². The zero-order valence-electron chi connectivity index (χ0n) is 23.0. The highest BCUT2D eigenvalue weighted by atomic mass is 16.5. The Morgan fingerprint density at radius 1 is 0.703 bits per heavy atom. The van der Waals surface area contributed by atoms with Gasteiger partial charge in [0.2, 0.25) is 0 Å². The molecule has 200 valence electrons. The predicted octanol–water partition coefficient (Wildman–Crippen LogP) is 6.57. The molecule has 2 unspecified atom stereocenters. The Morgan fingerprint density at radius 3 is 1.32 bits per heavy atom. The molecule has 37 heavy (non-hydrogen) atoms. The molecular formula is C31H40O6. The molecule has 0 radical (unpaired) electrons. The van der Waals surface area contributed by atoms with Crippen molar-refractivity contribution in [1.82, 2.24) is 0 Å². The van der Waals surface area contributed by atoms with Crippen LogP contribution in [0.4, 0.5) is 0 Å². The average Bonchev–Trinajstić information content (AvgIpc) is 2.84. The Kier molecular flexibility index (Phi) is 11.0. The Hall–Kier alpha value is -3.54. The average molecular weight is 509 g/mol. The summed E-state index contributed by atoms with van der Waals surface area (Å²) in [5.74, 6) is 0.777. The number of esters is 2. The lowest BCUT2D eigenvalue weighted by molar-refractivity contribution is -0.140. The number of rotatable bonds is 14. The molecule has 0 saturated carbocycles. The topological polar surface area (TPSA) is 71.1 Å². The van der Waals surface area contributed by atoms with Crippen molar-refractivity contribution in [2.45, 2.75) is 72.0 Å². The van der Waals surface area contributed by atoms with Crippen LogP contribution in [0.2, 0.25) is 0 Å². The Bertz CT molecular complexity index is 980. The largest absolute Gasteiger partial charge is 0.491 e. The minimum Gasteiger partial charge on any atom is -0.491 e. The smallest absolute Gasteiger partial charge is 0.333 e. The van der Waals surface area contributed by atoms with Crippen LogP contribution in [0.5, 0.6) is 11.5 Å². The minimum atomic E-state index is -0.380. The Morgan fingerprint density at radius 2 is 1.03 bits per heavy atom. The van der Waals surface area contributed by atoms with E-state index in [0.717, 1.165) is 22.6 Å². The summed E-state index contributed by atoms with van der Waals surface area (Å²) in [5.41, 5.74) is 2.88. The van der Waals surface area contributed by atoms with Crippen molar-refractivity contribution in [3.8, 4) is 11.5 Å². The second kappa shape index (κ2) is 13.7. The third kappa shape index (κ3) is 9.45. The summed E-state index contributed by atoms with van der Waals surface area (Å²) in [4.78, 5) is 23.0. The summed E-state index contributed by atoms with van der Waals surface area (Å²) in [6, 6.07) is 16.1. The summed E-state index contributed by atoms with van der Waals surface area (Å²) in [6.45, 7) is 19.2. The first-order chi connectivity index (χ1) is 17.4. The fourth-order valence-corrected chi connectivity index (χ4v) is 3.53. The van der Waals surface area contributed by atoms with Gasteiger partial charge in [-0.1, -0.05) is 51.3 Å². The van der Waals surface area contributed by atoms with Crippen LogP contribution in [0.3, 0.4) is 0 Å². The Labute approximate surface area is 221 Å². The molecule has 6 nitrogen and oxygen atoms in total. The summed E-state index contributed by atoms with van der Waals surface area (Å²) < 4.78 is 22.2. The molecule has 0 spiro atoms. The van der Waals surface area contributed by atoms with Gasteiger partial charge in [-0.05, 0) is 63.1 Å². The molecule has 2 atom stereocenters. The molecule has 2 aromatic carbocycles. The monoisotopic (exact) mass is 508 g/mol. The van der Waals surface area contributed by atoms with Crippen LogP contribution in [-0.4, -0.2) is 37.4 Å². The highest BCUT2D eigenvalue weighted by Crippen LogP contribution is 2.33. The first kappa shape index (κ1) is 29.7. The van der Waals surface area contributed by atoms with Gasteiger partial charge in [0.15, 0.2) is 0 Å². The van der Waals surface area contributed by atoms with E-state index < -0.39 is 0 Å². The normalized spacial score (nSPS) is 12.7. The lowest BCUT2D eigenvalue weighted by Gasteiger charge is -2.27. The molecule has 0 fully saturated rings. The maximum absolute atomic E-state index is 11.5. The van der Waals surface area contributed by atoms with E-state index in [1.54, 1.807) is 13.8 Å². The number of benzene rings is 2. The fraction of sp³-hybridized carbons (Fsp3) is 0.419. The van der Waals surface area contributed by atoms with Crippen molar-refractivity contribution in [3.05, 3.63) is 84.0 Å². The lowest BCUT2D eigenvalue weighted by atomic mass is 9.78. The van der Waals surface area contributed by atoms with Crippen LogP contribution in [-0.2, 0) is 24.5 Å². The molecule has 2 rings (SSSR count). The number of hydrogen-bond donors (Lipinski definition) is 0. The van der Waals surface area contributed by atoms with E-state index >= 15 is 0 Å². The number of ether oxygens (including phenoxy) is 4. The first-order valence-electron chi connectivity index (χ1n) is 12.6. The van der Waals surface area contributed by atoms with Gasteiger partial charge in [-0.3, -0.25) is 0 Å². The van der Waals surface area contributed by atoms with Gasteiger partial charge in [-0.2, -0.15) is 0 Å². The summed E-state index contributed by atoms with van der Waals surface area (Å²) in [7, 11) is 0. The number of carbonyl (C=O) groups is 2. The summed E-state index contributed by atoms with van der Waals surface area (Å²) in [5, 5.41) is 0. The van der Waals surface area contributed by atoms with Crippen molar-refractivity contribution in [2.75, 3.05) is 13.2 Å². The van der Waals surface area contributed by atoms with E-state index in [2.05, 4.69) is 51.3 Å². The molecular weight excluding hydrogens is 468 g/mol. The molecule has 0 bridgehead atoms. The quantitative estimate of drug-likeness (QED) is 0.212. The van der Waals surface area contributed by atoms with Gasteiger partial charge in [0.1, 0.15) is 11.5 Å². The van der Waals surface area contributed by atoms with Crippen LogP contribution in [0.15, 0.2) is 72.8 Å². The number of carbonyl (C=O) groups excluding carboxylic acids is 2. The van der Waals surface area contributed by atoms with Crippen LogP contribution < -0.4 is 9.47 Å². The van der Waals surface area contributed by atoms with Crippen molar-refractivity contribution in [3.63, 3.8) is 0 Å². The predicted molar refractivity (Wildman–Crippen MR) is 146 cm³/mol. The molecule has 0 N–H and O–H groups in total. The maximum atomic E-state index is 11.5. The summed E-state index contributed by atoms with van der Waals surface area (Å²) >= 11 is 0. The third-order valence-electron chi connectivity index (χ3n) is 6.04. The van der Waals surface area contributed by atoms with Crippen molar-refractivity contribution >= 4 is 11.9 Å². The van der Waals surface area contributed by atoms with Crippen molar-refractivity contribution in [2.24, 2.45) is 0 Å². The SMILES string of the molecule is C=C(C)C(=O)OCCC(C)Oc1ccc(C(C)(C)c2ccc(OC(C)CCOC(=O)C(=C)C)cc2)cc1. The lowest BCUT2D eigenvalue weighted by Crippen LogP contribution is -2.20. The molecule has 6 heteroatoms. The van der Waals surface area contributed by atoms with Gasteiger partial charge in [-0.15, -0.1) is 0 Å². The van der Waals surface area contributed by atoms with Gasteiger partial charge in [-0.25, -0.2) is 9.59 Å². The second-order valence-corrected chi connectivity index (χ2v) is 9.94. The highest BCUT2D eigenvalue weighted by Gasteiger charge is 2.23. The van der Waals surface area contributed by atoms with Gasteiger partial charge >= 0.3 is 11.9 Å². The Balaban J connectivity index is 1.90. The standard InChI is InChI=1S/C31H40O6/c1-21(2)29(32)34-19-17-23(5)36-27-13-9-25(10-14-27)31(7,8)26-11-15-28(16-12-26)37-24(6)18-20-35-30(33)22(3)4/h9-16,23-24H,1,3,17-20H2,2,4-8H3. The summed E-state index contributed by atoms with van der Waals surface area (Å²) in [6.07, 6.45) is 1.01. The molecule has 0 aliphatic heterocycles. The van der Waals surface area contributed by atoms with E-state index in [-0.39, 0.29) is 29.6 Å². The zero-order chi connectivity index (χ0) is 27.6. The fourth-order valence-electron chi connectivity index (χ4n) is 3.53. The second-order valence-electron chi connectivity index (χ2n) is 9.94. The first-order valence-corrected chi connectivity index (χ1v) is 12.6. The molecule has 0 amide bonds. The van der Waals surface area contributed by atoms with E-state index in [4.69, 9.17) is 18.9 Å². The van der Waals surface area contributed by atoms with Gasteiger partial charge in [0.05, 0.1) is 25.4 Å². The van der Waals surface area contributed by atoms with Gasteiger partial charge < -0.3 is 18.9 Å². The molecule has 0 aliphatic rings. The van der Waals surface area contributed by atoms with Crippen LogP contribution >= 0.6 is 0 Å². The van der Waals surface area contributed by atoms with Crippen LogP contribution in [0.25, 0.3) is 0 Å². The minimum absolute atomic E-state index is 0.0927. The maximum Gasteiger partial charge on any atom is 0.333 e. The van der Waals surface area contributed by atoms with Crippen LogP contribution in [0.1, 0.15) is 65.5 Å². The van der Waals surface area contributed by atoms with Crippen molar-refractivity contribution in [1.29, 1.82) is 0 Å². The number of hydrogen-bond acceptors (Lipinski definition) is 6. The highest BCUT2D eigenvalue weighted by molar-refractivity contribution is 5.87. The van der Waals surface area contributed by atoms with Crippen LogP contribution in [0, 0.1) is 0 Å². The van der Waals surface area contributed by atoms with E-state index in [1.807, 2.05) is 38.1 Å². The van der Waals surface area contributed by atoms with Gasteiger partial charge in [0, 0.05) is 29.4 Å². The van der Waals surface area contributed by atoms with E-state index in [9.17, 15) is 9.59 Å². The van der Waals surface area contributed by atoms with Crippen molar-refractivity contribution < 1.29 is 28.5 Å². The molecule has 0 heterocycles.